The third-order valence-corrected chi connectivity index (χ3v) is 4.29. The highest BCUT2D eigenvalue weighted by molar-refractivity contribution is 6.06. The topological polar surface area (TPSA) is 71.5 Å². The number of para-hydroxylation sites is 2. The van der Waals surface area contributed by atoms with Gasteiger partial charge in [0, 0.05) is 25.4 Å². The third kappa shape index (κ3) is 5.19. The van der Waals surface area contributed by atoms with E-state index in [4.69, 9.17) is 4.74 Å². The van der Waals surface area contributed by atoms with Gasteiger partial charge in [-0.3, -0.25) is 14.6 Å². The molecule has 0 bridgehead atoms. The fraction of sp³-hybridized carbons (Fsp3) is 0.174. The summed E-state index contributed by atoms with van der Waals surface area (Å²) in [6, 6.07) is 20.0. The van der Waals surface area contributed by atoms with Gasteiger partial charge >= 0.3 is 0 Å². The molecule has 0 fully saturated rings. The molecule has 0 saturated heterocycles. The number of nitrogens with one attached hydrogen (secondary N) is 1. The molecule has 0 saturated carbocycles. The van der Waals surface area contributed by atoms with E-state index in [0.717, 1.165) is 5.56 Å². The Morgan fingerprint density at radius 3 is 2.52 bits per heavy atom. The normalized spacial score (nSPS) is 10.3. The molecule has 1 aromatic heterocycles. The van der Waals surface area contributed by atoms with Crippen molar-refractivity contribution in [1.29, 1.82) is 0 Å². The predicted octanol–water partition coefficient (Wildman–Crippen LogP) is 4.00. The van der Waals surface area contributed by atoms with Crippen molar-refractivity contribution in [2.45, 2.75) is 13.5 Å². The standard InChI is InChI=1S/C23H23N3O3/c1-3-29-21-12-8-7-11-19(21)25-22(27)18-13-14-24-20(15-18)23(28)26(2)16-17-9-5-4-6-10-17/h4-15H,3,16H2,1-2H3,(H,25,27). The van der Waals surface area contributed by atoms with Gasteiger partial charge < -0.3 is 15.0 Å². The molecule has 3 aromatic rings. The Bertz CT molecular complexity index is 989. The first-order valence-corrected chi connectivity index (χ1v) is 9.37. The number of pyridine rings is 1. The molecule has 1 N–H and O–H groups in total. The van der Waals surface area contributed by atoms with Gasteiger partial charge in [0.1, 0.15) is 11.4 Å². The fourth-order valence-electron chi connectivity index (χ4n) is 2.86. The van der Waals surface area contributed by atoms with Crippen LogP contribution in [-0.2, 0) is 6.54 Å². The summed E-state index contributed by atoms with van der Waals surface area (Å²) in [5.74, 6) is 0.00818. The van der Waals surface area contributed by atoms with Gasteiger partial charge in [0.05, 0.1) is 12.3 Å². The van der Waals surface area contributed by atoms with E-state index >= 15 is 0 Å². The summed E-state index contributed by atoms with van der Waals surface area (Å²) in [6.45, 7) is 2.83. The van der Waals surface area contributed by atoms with E-state index < -0.39 is 0 Å². The molecule has 2 aromatic carbocycles. The van der Waals surface area contributed by atoms with Crippen LogP contribution in [0.1, 0.15) is 33.3 Å². The van der Waals surface area contributed by atoms with Crippen LogP contribution in [0.2, 0.25) is 0 Å². The van der Waals surface area contributed by atoms with Crippen LogP contribution in [0, 0.1) is 0 Å². The molecule has 0 spiro atoms. The predicted molar refractivity (Wildman–Crippen MR) is 112 cm³/mol. The fourth-order valence-corrected chi connectivity index (χ4v) is 2.86. The summed E-state index contributed by atoms with van der Waals surface area (Å²) in [6.07, 6.45) is 1.47. The number of aromatic nitrogens is 1. The molecule has 3 rings (SSSR count). The minimum absolute atomic E-state index is 0.217. The van der Waals surface area contributed by atoms with Crippen LogP contribution in [-0.4, -0.2) is 35.4 Å². The van der Waals surface area contributed by atoms with Crippen LogP contribution >= 0.6 is 0 Å². The van der Waals surface area contributed by atoms with Gasteiger partial charge in [0.25, 0.3) is 11.8 Å². The molecular formula is C23H23N3O3. The molecule has 29 heavy (non-hydrogen) atoms. The zero-order valence-corrected chi connectivity index (χ0v) is 16.5. The number of hydrogen-bond donors (Lipinski definition) is 1. The lowest BCUT2D eigenvalue weighted by atomic mass is 10.1. The van der Waals surface area contributed by atoms with Gasteiger partial charge in [-0.25, -0.2) is 0 Å². The lowest BCUT2D eigenvalue weighted by molar-refractivity contribution is 0.0779. The molecule has 0 aliphatic carbocycles. The number of hydrogen-bond acceptors (Lipinski definition) is 4. The van der Waals surface area contributed by atoms with E-state index in [1.807, 2.05) is 49.4 Å². The van der Waals surface area contributed by atoms with Gasteiger partial charge in [-0.15, -0.1) is 0 Å². The van der Waals surface area contributed by atoms with Crippen LogP contribution in [0.5, 0.6) is 5.75 Å². The summed E-state index contributed by atoms with van der Waals surface area (Å²) in [5.41, 5.74) is 2.16. The maximum atomic E-state index is 12.7. The molecule has 0 aliphatic heterocycles. The van der Waals surface area contributed by atoms with Gasteiger partial charge in [-0.2, -0.15) is 0 Å². The van der Waals surface area contributed by atoms with E-state index in [1.54, 1.807) is 30.1 Å². The van der Waals surface area contributed by atoms with Crippen molar-refractivity contribution in [3.8, 4) is 5.75 Å². The quantitative estimate of drug-likeness (QED) is 0.663. The second-order valence-corrected chi connectivity index (χ2v) is 6.46. The highest BCUT2D eigenvalue weighted by Crippen LogP contribution is 2.24. The van der Waals surface area contributed by atoms with E-state index in [0.29, 0.717) is 30.2 Å². The molecule has 6 nitrogen and oxygen atoms in total. The minimum Gasteiger partial charge on any atom is -0.492 e. The van der Waals surface area contributed by atoms with E-state index in [-0.39, 0.29) is 17.5 Å². The van der Waals surface area contributed by atoms with Crippen LogP contribution < -0.4 is 10.1 Å². The van der Waals surface area contributed by atoms with Crippen LogP contribution in [0.3, 0.4) is 0 Å². The Morgan fingerprint density at radius 1 is 1.03 bits per heavy atom. The average Bonchev–Trinajstić information content (AvgIpc) is 2.75. The highest BCUT2D eigenvalue weighted by atomic mass is 16.5. The molecule has 2 amide bonds. The van der Waals surface area contributed by atoms with Crippen molar-refractivity contribution in [3.63, 3.8) is 0 Å². The highest BCUT2D eigenvalue weighted by Gasteiger charge is 2.17. The Hall–Kier alpha value is -3.67. The Morgan fingerprint density at radius 2 is 1.76 bits per heavy atom. The van der Waals surface area contributed by atoms with E-state index in [1.165, 1.54) is 12.3 Å². The number of carbonyl (C=O) groups excluding carboxylic acids is 2. The summed E-state index contributed by atoms with van der Waals surface area (Å²) in [7, 11) is 1.71. The van der Waals surface area contributed by atoms with Crippen LogP contribution in [0.4, 0.5) is 5.69 Å². The molecule has 6 heteroatoms. The Kier molecular flexibility index (Phi) is 6.58. The average molecular weight is 389 g/mol. The van der Waals surface area contributed by atoms with Crippen molar-refractivity contribution < 1.29 is 14.3 Å². The minimum atomic E-state index is -0.334. The van der Waals surface area contributed by atoms with Crippen LogP contribution in [0.25, 0.3) is 0 Å². The number of rotatable bonds is 7. The van der Waals surface area contributed by atoms with E-state index in [2.05, 4.69) is 10.3 Å². The smallest absolute Gasteiger partial charge is 0.272 e. The number of anilines is 1. The number of ether oxygens (including phenoxy) is 1. The van der Waals surface area contributed by atoms with Gasteiger partial charge in [0.15, 0.2) is 0 Å². The monoisotopic (exact) mass is 389 g/mol. The van der Waals surface area contributed by atoms with Crippen molar-refractivity contribution in [3.05, 3.63) is 89.7 Å². The number of nitrogens with zero attached hydrogens (tertiary/aromatic N) is 2. The Balaban J connectivity index is 1.73. The van der Waals surface area contributed by atoms with Crippen molar-refractivity contribution >= 4 is 17.5 Å². The van der Waals surface area contributed by atoms with Gasteiger partial charge in [-0.1, -0.05) is 42.5 Å². The summed E-state index contributed by atoms with van der Waals surface area (Å²) in [5, 5.41) is 2.83. The van der Waals surface area contributed by atoms with Crippen molar-refractivity contribution in [2.75, 3.05) is 19.0 Å². The zero-order valence-electron chi connectivity index (χ0n) is 16.5. The molecule has 148 valence electrons. The number of amides is 2. The molecule has 0 atom stereocenters. The van der Waals surface area contributed by atoms with Gasteiger partial charge in [-0.05, 0) is 36.8 Å². The Labute approximate surface area is 170 Å². The first kappa shape index (κ1) is 20.1. The molecule has 1 heterocycles. The summed E-state index contributed by atoms with van der Waals surface area (Å²) in [4.78, 5) is 31.1. The second kappa shape index (κ2) is 9.50. The number of benzene rings is 2. The number of carbonyl (C=O) groups is 2. The zero-order chi connectivity index (χ0) is 20.6. The molecule has 0 unspecified atom stereocenters. The first-order valence-electron chi connectivity index (χ1n) is 9.37. The van der Waals surface area contributed by atoms with Gasteiger partial charge in [0.2, 0.25) is 0 Å². The second-order valence-electron chi connectivity index (χ2n) is 6.46. The SMILES string of the molecule is CCOc1ccccc1NC(=O)c1ccnc(C(=O)N(C)Cc2ccccc2)c1. The third-order valence-electron chi connectivity index (χ3n) is 4.29. The van der Waals surface area contributed by atoms with Crippen molar-refractivity contribution in [2.24, 2.45) is 0 Å². The molecular weight excluding hydrogens is 366 g/mol. The van der Waals surface area contributed by atoms with Crippen LogP contribution in [0.15, 0.2) is 72.9 Å². The summed E-state index contributed by atoms with van der Waals surface area (Å²) >= 11 is 0. The summed E-state index contributed by atoms with van der Waals surface area (Å²) < 4.78 is 5.54. The van der Waals surface area contributed by atoms with E-state index in [9.17, 15) is 9.59 Å². The largest absolute Gasteiger partial charge is 0.492 e. The lowest BCUT2D eigenvalue weighted by Crippen LogP contribution is -2.27. The van der Waals surface area contributed by atoms with Crippen molar-refractivity contribution in [1.82, 2.24) is 9.88 Å². The first-order chi connectivity index (χ1) is 14.1. The maximum absolute atomic E-state index is 12.7. The maximum Gasteiger partial charge on any atom is 0.272 e. The molecule has 0 aliphatic rings. The lowest BCUT2D eigenvalue weighted by Gasteiger charge is -2.17. The molecule has 0 radical (unpaired) electrons.